The van der Waals surface area contributed by atoms with Gasteiger partial charge in [-0.05, 0) is 84.7 Å². The number of rotatable bonds is 12. The smallest absolute Gasteiger partial charge is 0.118 e. The van der Waals surface area contributed by atoms with E-state index < -0.39 is 0 Å². The maximum absolute atomic E-state index is 10.2. The van der Waals surface area contributed by atoms with Crippen LogP contribution >= 0.6 is 0 Å². The Bertz CT molecular complexity index is 789. The number of benzene rings is 2. The third-order valence-electron chi connectivity index (χ3n) is 5.62. The monoisotopic (exact) mass is 394 g/mol. The van der Waals surface area contributed by atoms with Crippen LogP contribution < -0.4 is 0 Å². The molecule has 0 saturated heterocycles. The first kappa shape index (κ1) is 23.1. The van der Waals surface area contributed by atoms with E-state index in [0.29, 0.717) is 11.5 Å². The Kier molecular flexibility index (Phi) is 9.83. The van der Waals surface area contributed by atoms with E-state index in [-0.39, 0.29) is 0 Å². The summed E-state index contributed by atoms with van der Waals surface area (Å²) in [5.74, 6) is 0.798. The summed E-state index contributed by atoms with van der Waals surface area (Å²) >= 11 is 0. The summed E-state index contributed by atoms with van der Waals surface area (Å²) in [6.07, 6.45) is 13.6. The second-order valence-electron chi connectivity index (χ2n) is 8.18. The van der Waals surface area contributed by atoms with Crippen molar-refractivity contribution in [2.24, 2.45) is 0 Å². The minimum absolute atomic E-state index is 0.398. The molecule has 2 N–H and O–H groups in total. The van der Waals surface area contributed by atoms with Gasteiger partial charge in [0.05, 0.1) is 0 Å². The summed E-state index contributed by atoms with van der Waals surface area (Å²) in [6, 6.07) is 11.8. The fourth-order valence-corrected chi connectivity index (χ4v) is 3.74. The van der Waals surface area contributed by atoms with E-state index >= 15 is 0 Å². The predicted octanol–water partition coefficient (Wildman–Crippen LogP) is 7.90. The number of aryl methyl sites for hydroxylation is 2. The van der Waals surface area contributed by atoms with Crippen LogP contribution in [0.4, 0.5) is 0 Å². The highest BCUT2D eigenvalue weighted by atomic mass is 16.3. The fourth-order valence-electron chi connectivity index (χ4n) is 3.74. The highest BCUT2D eigenvalue weighted by Crippen LogP contribution is 2.27. The first-order valence-corrected chi connectivity index (χ1v) is 11.4. The largest absolute Gasteiger partial charge is 0.508 e. The minimum Gasteiger partial charge on any atom is -0.508 e. The molecule has 0 heterocycles. The zero-order valence-electron chi connectivity index (χ0n) is 18.5. The molecule has 2 heteroatoms. The number of aromatic hydroxyl groups is 2. The van der Waals surface area contributed by atoms with Crippen molar-refractivity contribution < 1.29 is 10.2 Å². The molecule has 2 aromatic carbocycles. The van der Waals surface area contributed by atoms with E-state index in [1.54, 1.807) is 0 Å². The fraction of sp³-hybridized carbons (Fsp3) is 0.481. The van der Waals surface area contributed by atoms with Gasteiger partial charge in [0, 0.05) is 0 Å². The van der Waals surface area contributed by atoms with Gasteiger partial charge in [-0.1, -0.05) is 70.6 Å². The lowest BCUT2D eigenvalue weighted by atomic mass is 9.97. The van der Waals surface area contributed by atoms with Gasteiger partial charge >= 0.3 is 0 Å². The van der Waals surface area contributed by atoms with Gasteiger partial charge in [0.25, 0.3) is 0 Å². The van der Waals surface area contributed by atoms with Gasteiger partial charge in [-0.3, -0.25) is 0 Å². The first-order valence-electron chi connectivity index (χ1n) is 11.4. The van der Waals surface area contributed by atoms with Crippen molar-refractivity contribution in [1.82, 2.24) is 0 Å². The third-order valence-corrected chi connectivity index (χ3v) is 5.62. The Morgan fingerprint density at radius 3 is 1.86 bits per heavy atom. The van der Waals surface area contributed by atoms with Crippen molar-refractivity contribution in [3.05, 3.63) is 58.7 Å². The van der Waals surface area contributed by atoms with Crippen molar-refractivity contribution in [2.45, 2.75) is 85.0 Å². The second kappa shape index (κ2) is 12.4. The van der Waals surface area contributed by atoms with E-state index in [4.69, 9.17) is 0 Å². The van der Waals surface area contributed by atoms with Crippen LogP contribution in [0.5, 0.6) is 11.5 Å². The molecule has 0 aliphatic carbocycles. The van der Waals surface area contributed by atoms with Gasteiger partial charge < -0.3 is 10.2 Å². The SMILES string of the molecule is CCCCCCc1cc(C=C(C)c2ccc(O)c(CCCCCC)c2)ccc1O. The third kappa shape index (κ3) is 7.61. The molecule has 2 aromatic rings. The lowest BCUT2D eigenvalue weighted by Crippen LogP contribution is -1.91. The summed E-state index contributed by atoms with van der Waals surface area (Å²) in [7, 11) is 0. The van der Waals surface area contributed by atoms with E-state index in [2.05, 4.69) is 39.0 Å². The number of unbranched alkanes of at least 4 members (excludes halogenated alkanes) is 6. The highest BCUT2D eigenvalue weighted by molar-refractivity contribution is 5.81. The maximum Gasteiger partial charge on any atom is 0.118 e. The quantitative estimate of drug-likeness (QED) is 0.284. The van der Waals surface area contributed by atoms with Crippen LogP contribution in [-0.4, -0.2) is 10.2 Å². The number of hydrogen-bond acceptors (Lipinski definition) is 2. The van der Waals surface area contributed by atoms with Gasteiger partial charge in [0.15, 0.2) is 0 Å². The molecule has 0 bridgehead atoms. The Labute approximate surface area is 177 Å². The van der Waals surface area contributed by atoms with Gasteiger partial charge in [0.1, 0.15) is 11.5 Å². The lowest BCUT2D eigenvalue weighted by molar-refractivity contribution is 0.465. The van der Waals surface area contributed by atoms with Gasteiger partial charge in [0.2, 0.25) is 0 Å². The molecule has 0 amide bonds. The van der Waals surface area contributed by atoms with Crippen LogP contribution in [0.15, 0.2) is 36.4 Å². The highest BCUT2D eigenvalue weighted by Gasteiger charge is 2.06. The summed E-state index contributed by atoms with van der Waals surface area (Å²) in [6.45, 7) is 6.54. The predicted molar refractivity (Wildman–Crippen MR) is 125 cm³/mol. The van der Waals surface area contributed by atoms with Crippen LogP contribution in [0.1, 0.15) is 94.4 Å². The number of phenols is 2. The molecule has 0 aromatic heterocycles. The zero-order chi connectivity index (χ0) is 21.1. The van der Waals surface area contributed by atoms with Crippen molar-refractivity contribution in [3.63, 3.8) is 0 Å². The topological polar surface area (TPSA) is 40.5 Å². The zero-order valence-corrected chi connectivity index (χ0v) is 18.5. The van der Waals surface area contributed by atoms with E-state index in [1.807, 2.05) is 24.3 Å². The number of phenolic OH excluding ortho intramolecular Hbond substituents is 2. The Morgan fingerprint density at radius 2 is 1.28 bits per heavy atom. The molecule has 29 heavy (non-hydrogen) atoms. The first-order chi connectivity index (χ1) is 14.0. The van der Waals surface area contributed by atoms with Crippen molar-refractivity contribution in [2.75, 3.05) is 0 Å². The van der Waals surface area contributed by atoms with Crippen LogP contribution in [0.3, 0.4) is 0 Å². The van der Waals surface area contributed by atoms with Crippen molar-refractivity contribution in [3.8, 4) is 11.5 Å². The minimum atomic E-state index is 0.398. The lowest BCUT2D eigenvalue weighted by Gasteiger charge is -2.10. The summed E-state index contributed by atoms with van der Waals surface area (Å²) < 4.78 is 0. The normalized spacial score (nSPS) is 11.8. The molecule has 0 unspecified atom stereocenters. The molecule has 158 valence electrons. The number of hydrogen-bond donors (Lipinski definition) is 2. The molecule has 0 fully saturated rings. The van der Waals surface area contributed by atoms with Gasteiger partial charge in [-0.25, -0.2) is 0 Å². The van der Waals surface area contributed by atoms with Crippen molar-refractivity contribution >= 4 is 11.6 Å². The van der Waals surface area contributed by atoms with Crippen molar-refractivity contribution in [1.29, 1.82) is 0 Å². The summed E-state index contributed by atoms with van der Waals surface area (Å²) in [5, 5.41) is 20.4. The van der Waals surface area contributed by atoms with E-state index in [0.717, 1.165) is 47.9 Å². The second-order valence-corrected chi connectivity index (χ2v) is 8.18. The Hall–Kier alpha value is -2.22. The van der Waals surface area contributed by atoms with Crippen LogP contribution in [0.25, 0.3) is 11.6 Å². The molecule has 0 atom stereocenters. The molecule has 0 spiro atoms. The Morgan fingerprint density at radius 1 is 0.724 bits per heavy atom. The van der Waals surface area contributed by atoms with E-state index in [9.17, 15) is 10.2 Å². The molecule has 2 nitrogen and oxygen atoms in total. The van der Waals surface area contributed by atoms with Gasteiger partial charge in [-0.2, -0.15) is 0 Å². The Balaban J connectivity index is 2.11. The maximum atomic E-state index is 10.2. The molecular formula is C27H38O2. The van der Waals surface area contributed by atoms with E-state index in [1.165, 1.54) is 44.1 Å². The number of allylic oxidation sites excluding steroid dienone is 1. The average molecular weight is 395 g/mol. The summed E-state index contributed by atoms with van der Waals surface area (Å²) in [4.78, 5) is 0. The molecule has 0 radical (unpaired) electrons. The molecule has 0 aliphatic rings. The van der Waals surface area contributed by atoms with Gasteiger partial charge in [-0.15, -0.1) is 0 Å². The molecule has 0 aliphatic heterocycles. The van der Waals surface area contributed by atoms with Crippen LogP contribution in [0.2, 0.25) is 0 Å². The molecular weight excluding hydrogens is 356 g/mol. The summed E-state index contributed by atoms with van der Waals surface area (Å²) in [5.41, 5.74) is 5.50. The molecule has 0 saturated carbocycles. The molecule has 2 rings (SSSR count). The average Bonchev–Trinajstić information content (AvgIpc) is 2.72. The van der Waals surface area contributed by atoms with Crippen LogP contribution in [0, 0.1) is 0 Å². The van der Waals surface area contributed by atoms with Crippen LogP contribution in [-0.2, 0) is 12.8 Å². The standard InChI is InChI=1S/C27H38O2/c1-4-6-8-10-12-24-19-22(14-16-26(24)28)18-21(3)23-15-17-27(29)25(20-23)13-11-9-7-5-2/h14-20,28-29H,4-13H2,1-3H3.